The molecule has 6 aromatic rings. The molecule has 5 fully saturated rings. The molecule has 5 heterocycles. The summed E-state index contributed by atoms with van der Waals surface area (Å²) in [6, 6.07) is 50.0. The third-order valence-electron chi connectivity index (χ3n) is 21.4. The maximum absolute atomic E-state index is 11.0. The summed E-state index contributed by atoms with van der Waals surface area (Å²) in [6.45, 7) is 76.4. The minimum absolute atomic E-state index is 0.170. The van der Waals surface area contributed by atoms with Gasteiger partial charge in [-0.1, -0.05) is 204 Å². The van der Waals surface area contributed by atoms with Crippen LogP contribution < -0.4 is 38.5 Å². The lowest BCUT2D eigenvalue weighted by molar-refractivity contribution is 0.121. The number of ether oxygens (including phenoxy) is 5. The van der Waals surface area contributed by atoms with Crippen LogP contribution in [0, 0.1) is 32.5 Å². The Balaban J connectivity index is 0.000000227. The maximum Gasteiger partial charge on any atom is 0.306 e. The van der Waals surface area contributed by atoms with Crippen LogP contribution in [-0.2, 0) is 48.6 Å². The zero-order chi connectivity index (χ0) is 89.3. The van der Waals surface area contributed by atoms with Gasteiger partial charge in [0, 0.05) is 164 Å². The molecule has 0 amide bonds. The average Bonchev–Trinajstić information content (AvgIpc) is 0.887. The number of hydrogen-bond acceptors (Lipinski definition) is 18. The van der Waals surface area contributed by atoms with Crippen molar-refractivity contribution < 1.29 is 36.3 Å². The van der Waals surface area contributed by atoms with Crippen molar-refractivity contribution >= 4 is 10.1 Å². The summed E-state index contributed by atoms with van der Waals surface area (Å²) < 4.78 is 56.4. The minimum Gasteiger partial charge on any atom is -0.494 e. The number of nitrogens with zero attached hydrogens (tertiary/aromatic N) is 8. The van der Waals surface area contributed by atoms with Crippen molar-refractivity contribution in [1.29, 1.82) is 0 Å². The van der Waals surface area contributed by atoms with E-state index in [4.69, 9.17) is 27.9 Å². The van der Waals surface area contributed by atoms with Gasteiger partial charge in [-0.05, 0) is 211 Å². The fourth-order valence-electron chi connectivity index (χ4n) is 15.5. The Labute approximate surface area is 744 Å². The first-order valence-corrected chi connectivity index (χ1v) is 48.0. The molecule has 2 N–H and O–H groups in total. The Hall–Kier alpha value is -6.33. The summed E-state index contributed by atoms with van der Waals surface area (Å²) in [7, 11) is 0.951. The zero-order valence-corrected chi connectivity index (χ0v) is 81.5. The van der Waals surface area contributed by atoms with Crippen LogP contribution in [-0.4, -0.2) is 271 Å². The first-order chi connectivity index (χ1) is 57.5. The van der Waals surface area contributed by atoms with Crippen molar-refractivity contribution in [3.63, 3.8) is 0 Å². The monoisotopic (exact) mass is 1710 g/mol. The molecule has 0 atom stereocenters. The van der Waals surface area contributed by atoms with Crippen LogP contribution in [0.2, 0.25) is 0 Å². The van der Waals surface area contributed by atoms with Gasteiger partial charge in [-0.3, -0.25) is 14.7 Å². The molecule has 0 aliphatic carbocycles. The highest BCUT2D eigenvalue weighted by Gasteiger charge is 2.22. The lowest BCUT2D eigenvalue weighted by Gasteiger charge is -2.33. The van der Waals surface area contributed by atoms with E-state index < -0.39 is 10.1 Å². The highest BCUT2D eigenvalue weighted by molar-refractivity contribution is 7.86. The lowest BCUT2D eigenvalue weighted by Crippen LogP contribution is -2.47. The predicted octanol–water partition coefficient (Wildman–Crippen LogP) is 17.6. The molecule has 122 heavy (non-hydrogen) atoms. The van der Waals surface area contributed by atoms with E-state index in [0.29, 0.717) is 32.8 Å². The van der Waals surface area contributed by atoms with Crippen LogP contribution >= 0.6 is 0 Å². The smallest absolute Gasteiger partial charge is 0.306 e. The molecule has 5 aliphatic heterocycles. The Kier molecular flexibility index (Phi) is 45.7. The second kappa shape index (κ2) is 53.3. The maximum atomic E-state index is 11.0. The van der Waals surface area contributed by atoms with Crippen LogP contribution in [0.15, 0.2) is 146 Å². The fraction of sp³-hybridized carbons (Fsp3) is 0.650. The standard InChI is InChI=1S/2C19H32N2O.2C18H30N2O.C17H28N2O.C12H18O3S/c1-19(2,3)16-17-7-5-8-18(15-17)22-14-6-9-21-12-10-20(4)11-13-21;1-5-20-9-11-21(12-10-20)13-14-22-18-8-6-7-17(15-18)16-19(2,3)4;1-18(2,3)15-16-6-5-7-17(14-16)21-13-12-20-10-8-19(4)9-11-20;1-18(2,3)15-16-6-4-7-17(14-16)21-13-5-10-20-11-8-19-9-12-20;1-17(2,3)14-15-5-4-6-16(13-15)20-12-11-19-9-7-18-8-10-19;1-12(2,3)9-10-6-5-7-11(8-10)15-16(4,13)14/h5,7-8,15H,6,9-14,16H2,1-4H3;6-8,15H,5,9-14,16H2,1-4H3;5-7,14H,8-13,15H2,1-4H3;4,6-7,14,19H,5,8-13,15H2,1-3H3;4-6,13,18H,7-12,14H2,1-3H3;5-8H,9H2,1-4H3. The van der Waals surface area contributed by atoms with Crippen molar-refractivity contribution in [2.45, 2.75) is 183 Å². The molecule has 0 radical (unpaired) electrons. The molecule has 0 saturated carbocycles. The van der Waals surface area contributed by atoms with Gasteiger partial charge in [0.05, 0.1) is 19.5 Å². The topological polar surface area (TPSA) is 139 Å². The van der Waals surface area contributed by atoms with Crippen LogP contribution in [0.4, 0.5) is 0 Å². The van der Waals surface area contributed by atoms with Crippen LogP contribution in [0.5, 0.6) is 34.5 Å². The van der Waals surface area contributed by atoms with Gasteiger partial charge in [0.2, 0.25) is 0 Å². The molecule has 5 aliphatic rings. The number of hydrogen-bond donors (Lipinski definition) is 2. The van der Waals surface area contributed by atoms with Gasteiger partial charge < -0.3 is 63.0 Å². The second-order valence-corrected chi connectivity index (χ2v) is 43.4. The van der Waals surface area contributed by atoms with Gasteiger partial charge in [0.15, 0.2) is 0 Å². The Morgan fingerprint density at radius 1 is 0.287 bits per heavy atom. The van der Waals surface area contributed by atoms with Gasteiger partial charge >= 0.3 is 10.1 Å². The zero-order valence-electron chi connectivity index (χ0n) is 80.7. The lowest BCUT2D eigenvalue weighted by atomic mass is 9.88. The minimum atomic E-state index is -3.44. The molecule has 19 heteroatoms. The number of likely N-dealkylation sites (N-methyl/N-ethyl adjacent to an activating group) is 3. The van der Waals surface area contributed by atoms with E-state index in [-0.39, 0.29) is 5.41 Å². The molecule has 0 aromatic heterocycles. The summed E-state index contributed by atoms with van der Waals surface area (Å²) >= 11 is 0. The normalized spacial score (nSPS) is 16.8. The van der Waals surface area contributed by atoms with E-state index in [1.807, 2.05) is 12.1 Å². The van der Waals surface area contributed by atoms with Crippen molar-refractivity contribution in [3.8, 4) is 34.5 Å². The predicted molar refractivity (Wildman–Crippen MR) is 515 cm³/mol. The van der Waals surface area contributed by atoms with Crippen molar-refractivity contribution in [2.75, 3.05) is 224 Å². The average molecular weight is 1710 g/mol. The third-order valence-corrected chi connectivity index (χ3v) is 21.9. The highest BCUT2D eigenvalue weighted by Crippen LogP contribution is 2.30. The SMILES string of the molecule is CC(C)(C)Cc1cccc(OCCCN2CCNCC2)c1.CC(C)(C)Cc1cccc(OCCN2CCNCC2)c1.CC(C)(C)Cc1cccc(OS(C)(=O)=O)c1.CCN1CCN(CCOc2cccc(CC(C)(C)C)c2)CC1.CN1CCN(CCCOc2cccc(CC(C)(C)C)c2)CC1.CN1CCN(CCOc2cccc(CC(C)(C)C)c2)CC1. The van der Waals surface area contributed by atoms with Crippen molar-refractivity contribution in [2.24, 2.45) is 32.5 Å². The summed E-state index contributed by atoms with van der Waals surface area (Å²) in [5.74, 6) is 5.42. The number of benzene rings is 6. The number of nitrogens with one attached hydrogen (secondary N) is 2. The first-order valence-electron chi connectivity index (χ1n) is 46.2. The van der Waals surface area contributed by atoms with Gasteiger partial charge in [-0.25, -0.2) is 0 Å². The van der Waals surface area contributed by atoms with Gasteiger partial charge in [-0.15, -0.1) is 0 Å². The molecular weight excluding hydrogens is 1540 g/mol. The van der Waals surface area contributed by atoms with Crippen LogP contribution in [0.3, 0.4) is 0 Å². The molecule has 6 aromatic carbocycles. The number of piperazine rings is 5. The summed E-state index contributed by atoms with van der Waals surface area (Å²) in [5.41, 5.74) is 9.65. The summed E-state index contributed by atoms with van der Waals surface area (Å²) in [4.78, 5) is 19.8. The Morgan fingerprint density at radius 3 is 0.754 bits per heavy atom. The van der Waals surface area contributed by atoms with Crippen LogP contribution in [0.1, 0.15) is 178 Å². The quantitative estimate of drug-likeness (QED) is 0.0315. The third kappa shape index (κ3) is 50.7. The molecule has 0 bridgehead atoms. The van der Waals surface area contributed by atoms with E-state index >= 15 is 0 Å². The molecule has 11 rings (SSSR count). The summed E-state index contributed by atoms with van der Waals surface area (Å²) in [5, 5.41) is 6.75. The molecule has 18 nitrogen and oxygen atoms in total. The van der Waals surface area contributed by atoms with Crippen molar-refractivity contribution in [1.82, 2.24) is 49.8 Å². The van der Waals surface area contributed by atoms with E-state index in [1.165, 1.54) is 113 Å². The van der Waals surface area contributed by atoms with E-state index in [2.05, 4.69) is 317 Å². The van der Waals surface area contributed by atoms with E-state index in [0.717, 1.165) is 210 Å². The van der Waals surface area contributed by atoms with Crippen molar-refractivity contribution in [3.05, 3.63) is 179 Å². The number of rotatable bonds is 31. The molecule has 5 saturated heterocycles. The molecule has 0 spiro atoms. The van der Waals surface area contributed by atoms with E-state index in [9.17, 15) is 8.42 Å². The Morgan fingerprint density at radius 2 is 0.500 bits per heavy atom. The molecule has 686 valence electrons. The first kappa shape index (κ1) is 104. The van der Waals surface area contributed by atoms with E-state index in [1.54, 1.807) is 12.1 Å². The highest BCUT2D eigenvalue weighted by atomic mass is 32.2. The molecular formula is C103H170N10O8S. The van der Waals surface area contributed by atoms with Gasteiger partial charge in [0.25, 0.3) is 0 Å². The second-order valence-electron chi connectivity index (χ2n) is 41.8. The van der Waals surface area contributed by atoms with Gasteiger partial charge in [-0.2, -0.15) is 8.42 Å². The Bertz CT molecular complexity index is 3910. The fourth-order valence-corrected chi connectivity index (χ4v) is 15.9. The molecule has 0 unspecified atom stereocenters. The summed E-state index contributed by atoms with van der Waals surface area (Å²) in [6.07, 6.45) is 9.57. The van der Waals surface area contributed by atoms with Gasteiger partial charge in [0.1, 0.15) is 54.3 Å². The largest absolute Gasteiger partial charge is 0.494 e. The van der Waals surface area contributed by atoms with Crippen LogP contribution in [0.25, 0.3) is 0 Å².